The molecular weight excluding hydrogens is 274 g/mol. The Kier molecular flexibility index (Phi) is 3.56. The number of carbonyl (C=O) groups is 1. The largest absolute Gasteiger partial charge is 0.477 e. The normalized spacial score (nSPS) is 15.8. The maximum absolute atomic E-state index is 11.2. The molecule has 3 rings (SSSR count). The molecule has 2 heterocycles. The van der Waals surface area contributed by atoms with Crippen LogP contribution in [-0.2, 0) is 0 Å². The molecule has 0 saturated heterocycles. The molecule has 20 heavy (non-hydrogen) atoms. The maximum atomic E-state index is 11.2. The van der Waals surface area contributed by atoms with Gasteiger partial charge in [-0.25, -0.2) is 14.8 Å². The number of aryl methyl sites for hydroxylation is 1. The van der Waals surface area contributed by atoms with Crippen molar-refractivity contribution in [1.29, 1.82) is 0 Å². The molecule has 6 heteroatoms. The van der Waals surface area contributed by atoms with Gasteiger partial charge in [-0.3, -0.25) is 0 Å². The standard InChI is InChI=1S/C14H17N3O2S/c1-8-10-12(15-6-9-4-2-3-5-9)16-7-17-13(10)20-11(8)14(18)19/h7,9H,2-6H2,1H3,(H,18,19)(H,15,16,17). The summed E-state index contributed by atoms with van der Waals surface area (Å²) in [6.07, 6.45) is 6.66. The van der Waals surface area contributed by atoms with Crippen LogP contribution < -0.4 is 5.32 Å². The minimum Gasteiger partial charge on any atom is -0.477 e. The Hall–Kier alpha value is -1.69. The lowest BCUT2D eigenvalue weighted by molar-refractivity contribution is 0.0701. The Labute approximate surface area is 121 Å². The first-order chi connectivity index (χ1) is 9.66. The highest BCUT2D eigenvalue weighted by Crippen LogP contribution is 2.33. The molecule has 0 bridgehead atoms. The average Bonchev–Trinajstić information content (AvgIpc) is 3.05. The number of anilines is 1. The number of fused-ring (bicyclic) bond motifs is 1. The van der Waals surface area contributed by atoms with Gasteiger partial charge in [-0.15, -0.1) is 11.3 Å². The third-order valence-electron chi connectivity index (χ3n) is 3.95. The van der Waals surface area contributed by atoms with E-state index in [-0.39, 0.29) is 0 Å². The average molecular weight is 291 g/mol. The Bertz CT molecular complexity index is 647. The molecule has 106 valence electrons. The quantitative estimate of drug-likeness (QED) is 0.904. The summed E-state index contributed by atoms with van der Waals surface area (Å²) in [7, 11) is 0. The van der Waals surface area contributed by atoms with Crippen LogP contribution in [0.4, 0.5) is 5.82 Å². The number of aromatic carboxylic acids is 1. The SMILES string of the molecule is Cc1c(C(=O)O)sc2ncnc(NCC3CCCC3)c12. The van der Waals surface area contributed by atoms with Crippen LogP contribution in [0.1, 0.15) is 40.9 Å². The molecule has 0 spiro atoms. The molecule has 5 nitrogen and oxygen atoms in total. The van der Waals surface area contributed by atoms with E-state index in [1.807, 2.05) is 6.92 Å². The van der Waals surface area contributed by atoms with Crippen LogP contribution in [-0.4, -0.2) is 27.6 Å². The molecule has 2 N–H and O–H groups in total. The summed E-state index contributed by atoms with van der Waals surface area (Å²) in [5, 5.41) is 13.4. The molecule has 0 atom stereocenters. The predicted octanol–water partition coefficient (Wildman–Crippen LogP) is 3.30. The number of rotatable bonds is 4. The summed E-state index contributed by atoms with van der Waals surface area (Å²) in [6, 6.07) is 0. The van der Waals surface area contributed by atoms with Crippen molar-refractivity contribution in [3.8, 4) is 0 Å². The second-order valence-electron chi connectivity index (χ2n) is 5.30. The third kappa shape index (κ3) is 2.35. The first-order valence-electron chi connectivity index (χ1n) is 6.88. The molecule has 1 fully saturated rings. The number of thiophene rings is 1. The molecule has 0 radical (unpaired) electrons. The molecule has 0 unspecified atom stereocenters. The number of hydrogen-bond donors (Lipinski definition) is 2. The van der Waals surface area contributed by atoms with Crippen molar-refractivity contribution >= 4 is 33.3 Å². The van der Waals surface area contributed by atoms with Gasteiger partial charge in [0.2, 0.25) is 0 Å². The van der Waals surface area contributed by atoms with Crippen LogP contribution in [0, 0.1) is 12.8 Å². The van der Waals surface area contributed by atoms with E-state index in [0.29, 0.717) is 10.8 Å². The first kappa shape index (κ1) is 13.3. The Morgan fingerprint density at radius 1 is 1.45 bits per heavy atom. The zero-order valence-electron chi connectivity index (χ0n) is 11.3. The van der Waals surface area contributed by atoms with Crippen molar-refractivity contribution in [3.63, 3.8) is 0 Å². The minimum atomic E-state index is -0.896. The predicted molar refractivity (Wildman–Crippen MR) is 79.6 cm³/mol. The lowest BCUT2D eigenvalue weighted by atomic mass is 10.1. The van der Waals surface area contributed by atoms with E-state index >= 15 is 0 Å². The van der Waals surface area contributed by atoms with Gasteiger partial charge in [-0.05, 0) is 31.2 Å². The highest BCUT2D eigenvalue weighted by atomic mass is 32.1. The van der Waals surface area contributed by atoms with Gasteiger partial charge in [0.05, 0.1) is 5.39 Å². The van der Waals surface area contributed by atoms with Crippen LogP contribution in [0.25, 0.3) is 10.2 Å². The molecule has 1 saturated carbocycles. The molecular formula is C14H17N3O2S. The van der Waals surface area contributed by atoms with E-state index in [0.717, 1.165) is 28.1 Å². The topological polar surface area (TPSA) is 75.1 Å². The summed E-state index contributed by atoms with van der Waals surface area (Å²) in [5.41, 5.74) is 0.757. The zero-order valence-corrected chi connectivity index (χ0v) is 12.2. The Morgan fingerprint density at radius 3 is 2.90 bits per heavy atom. The van der Waals surface area contributed by atoms with Crippen molar-refractivity contribution in [2.75, 3.05) is 11.9 Å². The summed E-state index contributed by atoms with van der Waals surface area (Å²) in [4.78, 5) is 20.8. The second-order valence-corrected chi connectivity index (χ2v) is 6.29. The van der Waals surface area contributed by atoms with Crippen LogP contribution in [0.2, 0.25) is 0 Å². The van der Waals surface area contributed by atoms with Gasteiger partial charge in [0.1, 0.15) is 21.9 Å². The molecule has 0 amide bonds. The smallest absolute Gasteiger partial charge is 0.346 e. The van der Waals surface area contributed by atoms with Gasteiger partial charge < -0.3 is 10.4 Å². The van der Waals surface area contributed by atoms with Gasteiger partial charge in [-0.2, -0.15) is 0 Å². The van der Waals surface area contributed by atoms with Crippen LogP contribution in [0.5, 0.6) is 0 Å². The highest BCUT2D eigenvalue weighted by molar-refractivity contribution is 7.20. The zero-order chi connectivity index (χ0) is 14.1. The van der Waals surface area contributed by atoms with Crippen LogP contribution in [0.3, 0.4) is 0 Å². The van der Waals surface area contributed by atoms with Crippen molar-refractivity contribution in [2.45, 2.75) is 32.6 Å². The summed E-state index contributed by atoms with van der Waals surface area (Å²) >= 11 is 1.21. The summed E-state index contributed by atoms with van der Waals surface area (Å²) in [5.74, 6) is 0.577. The number of carboxylic acid groups (broad SMARTS) is 1. The summed E-state index contributed by atoms with van der Waals surface area (Å²) in [6.45, 7) is 2.73. The van der Waals surface area contributed by atoms with Crippen LogP contribution in [0.15, 0.2) is 6.33 Å². The van der Waals surface area contributed by atoms with Crippen molar-refractivity contribution in [2.24, 2.45) is 5.92 Å². The fraction of sp³-hybridized carbons (Fsp3) is 0.500. The first-order valence-corrected chi connectivity index (χ1v) is 7.69. The number of hydrogen-bond acceptors (Lipinski definition) is 5. The van der Waals surface area contributed by atoms with Gasteiger partial charge in [0.15, 0.2) is 0 Å². The van der Waals surface area contributed by atoms with E-state index in [1.54, 1.807) is 0 Å². The van der Waals surface area contributed by atoms with E-state index in [2.05, 4.69) is 15.3 Å². The molecule has 1 aliphatic rings. The highest BCUT2D eigenvalue weighted by Gasteiger charge is 2.20. The van der Waals surface area contributed by atoms with Crippen molar-refractivity contribution in [1.82, 2.24) is 9.97 Å². The molecule has 1 aliphatic carbocycles. The summed E-state index contributed by atoms with van der Waals surface area (Å²) < 4.78 is 0. The minimum absolute atomic E-state index is 0.351. The van der Waals surface area contributed by atoms with E-state index in [4.69, 9.17) is 0 Å². The van der Waals surface area contributed by atoms with Crippen LogP contribution >= 0.6 is 11.3 Å². The molecule has 0 aromatic carbocycles. The molecule has 0 aliphatic heterocycles. The van der Waals surface area contributed by atoms with E-state index in [1.165, 1.54) is 43.3 Å². The Balaban J connectivity index is 1.91. The van der Waals surface area contributed by atoms with E-state index < -0.39 is 5.97 Å². The lowest BCUT2D eigenvalue weighted by Crippen LogP contribution is -2.12. The number of nitrogens with one attached hydrogen (secondary N) is 1. The third-order valence-corrected chi connectivity index (χ3v) is 5.14. The number of carboxylic acids is 1. The fourth-order valence-corrected chi connectivity index (χ4v) is 3.85. The van der Waals surface area contributed by atoms with Gasteiger partial charge in [-0.1, -0.05) is 12.8 Å². The number of nitrogens with zero attached hydrogens (tertiary/aromatic N) is 2. The van der Waals surface area contributed by atoms with E-state index in [9.17, 15) is 9.90 Å². The molecule has 2 aromatic heterocycles. The van der Waals surface area contributed by atoms with Crippen molar-refractivity contribution in [3.05, 3.63) is 16.8 Å². The number of aromatic nitrogens is 2. The second kappa shape index (κ2) is 5.36. The van der Waals surface area contributed by atoms with Crippen molar-refractivity contribution < 1.29 is 9.90 Å². The fourth-order valence-electron chi connectivity index (χ4n) is 2.87. The van der Waals surface area contributed by atoms with Gasteiger partial charge in [0.25, 0.3) is 0 Å². The van der Waals surface area contributed by atoms with Gasteiger partial charge in [0, 0.05) is 6.54 Å². The monoisotopic (exact) mass is 291 g/mol. The van der Waals surface area contributed by atoms with Gasteiger partial charge >= 0.3 is 5.97 Å². The lowest BCUT2D eigenvalue weighted by Gasteiger charge is -2.11. The molecule has 2 aromatic rings. The maximum Gasteiger partial charge on any atom is 0.346 e. The Morgan fingerprint density at radius 2 is 2.20 bits per heavy atom.